The minimum Gasteiger partial charge on any atom is -0.369 e. The van der Waals surface area contributed by atoms with Crippen molar-refractivity contribution in [2.75, 3.05) is 19.6 Å². The molecule has 0 aliphatic carbocycles. The highest BCUT2D eigenvalue weighted by molar-refractivity contribution is 5.75. The summed E-state index contributed by atoms with van der Waals surface area (Å²) in [6.07, 6.45) is 2.02. The number of hydrogen-bond donors (Lipinski definition) is 2. The van der Waals surface area contributed by atoms with Crippen molar-refractivity contribution >= 4 is 5.91 Å². The van der Waals surface area contributed by atoms with Crippen molar-refractivity contribution in [2.24, 2.45) is 5.73 Å². The van der Waals surface area contributed by atoms with E-state index < -0.39 is 0 Å². The average molecular weight is 265 g/mol. The number of amides is 1. The maximum Gasteiger partial charge on any atom is 0.231 e. The smallest absolute Gasteiger partial charge is 0.231 e. The minimum atomic E-state index is -0.266. The molecular formula is C14H20FN3O. The largest absolute Gasteiger partial charge is 0.369 e. The fourth-order valence-corrected chi connectivity index (χ4v) is 2.38. The molecule has 0 unspecified atom stereocenters. The maximum absolute atomic E-state index is 12.8. The fourth-order valence-electron chi connectivity index (χ4n) is 2.38. The lowest BCUT2D eigenvalue weighted by Crippen LogP contribution is -2.45. The van der Waals surface area contributed by atoms with Crippen LogP contribution in [0.1, 0.15) is 18.4 Å². The summed E-state index contributed by atoms with van der Waals surface area (Å²) >= 11 is 0. The van der Waals surface area contributed by atoms with Crippen LogP contribution < -0.4 is 11.1 Å². The number of nitrogens with one attached hydrogen (secondary N) is 1. The average Bonchev–Trinajstić information content (AvgIpc) is 2.39. The van der Waals surface area contributed by atoms with Crippen LogP contribution in [-0.4, -0.2) is 36.5 Å². The van der Waals surface area contributed by atoms with Gasteiger partial charge in [-0.15, -0.1) is 0 Å². The molecule has 5 heteroatoms. The second-order valence-electron chi connectivity index (χ2n) is 5.02. The number of nitrogens with zero attached hydrogens (tertiary/aromatic N) is 1. The van der Waals surface area contributed by atoms with E-state index in [1.165, 1.54) is 12.1 Å². The zero-order chi connectivity index (χ0) is 13.7. The predicted octanol–water partition coefficient (Wildman–Crippen LogP) is 0.865. The van der Waals surface area contributed by atoms with E-state index in [-0.39, 0.29) is 11.7 Å². The van der Waals surface area contributed by atoms with E-state index in [2.05, 4.69) is 10.2 Å². The van der Waals surface area contributed by atoms with E-state index in [0.29, 0.717) is 12.6 Å². The van der Waals surface area contributed by atoms with Crippen molar-refractivity contribution in [3.63, 3.8) is 0 Å². The predicted molar refractivity (Wildman–Crippen MR) is 71.9 cm³/mol. The SMILES string of the molecule is NC(=O)CN1CCC(NCc2ccc(F)cc2)CC1. The van der Waals surface area contributed by atoms with Crippen LogP contribution >= 0.6 is 0 Å². The van der Waals surface area contributed by atoms with E-state index in [1.54, 1.807) is 12.1 Å². The molecule has 0 spiro atoms. The number of rotatable bonds is 5. The third-order valence-corrected chi connectivity index (χ3v) is 3.48. The lowest BCUT2D eigenvalue weighted by molar-refractivity contribution is -0.119. The molecule has 1 saturated heterocycles. The van der Waals surface area contributed by atoms with Crippen molar-refractivity contribution < 1.29 is 9.18 Å². The van der Waals surface area contributed by atoms with E-state index >= 15 is 0 Å². The normalized spacial score (nSPS) is 17.5. The monoisotopic (exact) mass is 265 g/mol. The molecule has 4 nitrogen and oxygen atoms in total. The van der Waals surface area contributed by atoms with Gasteiger partial charge in [0, 0.05) is 25.7 Å². The van der Waals surface area contributed by atoms with Gasteiger partial charge in [-0.05, 0) is 30.5 Å². The van der Waals surface area contributed by atoms with Gasteiger partial charge in [-0.25, -0.2) is 4.39 Å². The molecule has 104 valence electrons. The Labute approximate surface area is 112 Å². The first-order chi connectivity index (χ1) is 9.13. The summed E-state index contributed by atoms with van der Waals surface area (Å²) in [6.45, 7) is 2.89. The second kappa shape index (κ2) is 6.63. The van der Waals surface area contributed by atoms with Crippen LogP contribution in [0.5, 0.6) is 0 Å². The third-order valence-electron chi connectivity index (χ3n) is 3.48. The zero-order valence-electron chi connectivity index (χ0n) is 10.9. The van der Waals surface area contributed by atoms with E-state index in [1.807, 2.05) is 0 Å². The highest BCUT2D eigenvalue weighted by Gasteiger charge is 2.19. The topological polar surface area (TPSA) is 58.4 Å². The molecule has 1 amide bonds. The maximum atomic E-state index is 12.8. The lowest BCUT2D eigenvalue weighted by Gasteiger charge is -2.31. The molecule has 1 heterocycles. The Bertz CT molecular complexity index is 413. The first-order valence-corrected chi connectivity index (χ1v) is 6.62. The lowest BCUT2D eigenvalue weighted by atomic mass is 10.0. The Kier molecular flexibility index (Phi) is 4.87. The number of hydrogen-bond acceptors (Lipinski definition) is 3. The van der Waals surface area contributed by atoms with Gasteiger partial charge in [0.1, 0.15) is 5.82 Å². The Balaban J connectivity index is 1.71. The van der Waals surface area contributed by atoms with Crippen molar-refractivity contribution in [3.8, 4) is 0 Å². The molecule has 1 aliphatic heterocycles. The van der Waals surface area contributed by atoms with Gasteiger partial charge in [0.2, 0.25) is 5.91 Å². The number of piperidine rings is 1. The number of nitrogens with two attached hydrogens (primary N) is 1. The standard InChI is InChI=1S/C14H20FN3O/c15-12-3-1-11(2-4-12)9-17-13-5-7-18(8-6-13)10-14(16)19/h1-4,13,17H,5-10H2,(H2,16,19). The van der Waals surface area contributed by atoms with E-state index in [9.17, 15) is 9.18 Å². The molecule has 1 fully saturated rings. The summed E-state index contributed by atoms with van der Waals surface area (Å²) < 4.78 is 12.8. The summed E-state index contributed by atoms with van der Waals surface area (Å²) in [5.41, 5.74) is 6.26. The summed E-state index contributed by atoms with van der Waals surface area (Å²) in [4.78, 5) is 12.9. The number of halogens is 1. The first kappa shape index (κ1) is 14.0. The van der Waals surface area contributed by atoms with Gasteiger partial charge in [0.25, 0.3) is 0 Å². The van der Waals surface area contributed by atoms with Crippen LogP contribution in [0.3, 0.4) is 0 Å². The van der Waals surface area contributed by atoms with Crippen LogP contribution in [0.15, 0.2) is 24.3 Å². The molecule has 0 bridgehead atoms. The van der Waals surface area contributed by atoms with Crippen LogP contribution in [0, 0.1) is 5.82 Å². The highest BCUT2D eigenvalue weighted by Crippen LogP contribution is 2.11. The third kappa shape index (κ3) is 4.61. The summed E-state index contributed by atoms with van der Waals surface area (Å²) in [7, 11) is 0. The van der Waals surface area contributed by atoms with Gasteiger partial charge in [0.05, 0.1) is 6.54 Å². The van der Waals surface area contributed by atoms with E-state index in [0.717, 1.165) is 38.0 Å². The molecule has 1 aliphatic rings. The van der Waals surface area contributed by atoms with Gasteiger partial charge in [-0.2, -0.15) is 0 Å². The number of primary amides is 1. The van der Waals surface area contributed by atoms with Crippen LogP contribution in [0.4, 0.5) is 4.39 Å². The number of carbonyl (C=O) groups is 1. The number of carbonyl (C=O) groups excluding carboxylic acids is 1. The van der Waals surface area contributed by atoms with Gasteiger partial charge < -0.3 is 11.1 Å². The Morgan fingerprint density at radius 2 is 1.95 bits per heavy atom. The first-order valence-electron chi connectivity index (χ1n) is 6.62. The van der Waals surface area contributed by atoms with Gasteiger partial charge in [-0.3, -0.25) is 9.69 Å². The second-order valence-corrected chi connectivity index (χ2v) is 5.02. The van der Waals surface area contributed by atoms with Gasteiger partial charge in [-0.1, -0.05) is 12.1 Å². The quantitative estimate of drug-likeness (QED) is 0.830. The Morgan fingerprint density at radius 3 is 2.53 bits per heavy atom. The molecule has 19 heavy (non-hydrogen) atoms. The minimum absolute atomic E-state index is 0.205. The van der Waals surface area contributed by atoms with E-state index in [4.69, 9.17) is 5.73 Å². The number of benzene rings is 1. The molecule has 0 atom stereocenters. The van der Waals surface area contributed by atoms with Crippen molar-refractivity contribution in [2.45, 2.75) is 25.4 Å². The number of likely N-dealkylation sites (tertiary alicyclic amines) is 1. The molecule has 0 radical (unpaired) electrons. The summed E-state index contributed by atoms with van der Waals surface area (Å²) in [5, 5.41) is 3.47. The van der Waals surface area contributed by atoms with Crippen molar-refractivity contribution in [3.05, 3.63) is 35.6 Å². The summed E-state index contributed by atoms with van der Waals surface area (Å²) in [6, 6.07) is 7.00. The Morgan fingerprint density at radius 1 is 1.32 bits per heavy atom. The molecule has 1 aromatic carbocycles. The van der Waals surface area contributed by atoms with Crippen LogP contribution in [-0.2, 0) is 11.3 Å². The summed E-state index contributed by atoms with van der Waals surface area (Å²) in [5.74, 6) is -0.471. The molecule has 0 saturated carbocycles. The van der Waals surface area contributed by atoms with Crippen LogP contribution in [0.25, 0.3) is 0 Å². The molecule has 0 aromatic heterocycles. The molecule has 2 rings (SSSR count). The molecule has 1 aromatic rings. The van der Waals surface area contributed by atoms with Crippen molar-refractivity contribution in [1.29, 1.82) is 0 Å². The van der Waals surface area contributed by atoms with Crippen molar-refractivity contribution in [1.82, 2.24) is 10.2 Å². The zero-order valence-corrected chi connectivity index (χ0v) is 10.9. The highest BCUT2D eigenvalue weighted by atomic mass is 19.1. The molecule has 3 N–H and O–H groups in total. The fraction of sp³-hybridized carbons (Fsp3) is 0.500. The van der Waals surface area contributed by atoms with Gasteiger partial charge >= 0.3 is 0 Å². The molecular weight excluding hydrogens is 245 g/mol. The van der Waals surface area contributed by atoms with Crippen LogP contribution in [0.2, 0.25) is 0 Å². The Hall–Kier alpha value is -1.46. The van der Waals surface area contributed by atoms with Gasteiger partial charge in [0.15, 0.2) is 0 Å².